The molecule has 0 spiro atoms. The molecule has 2 atom stereocenters. The lowest BCUT2D eigenvalue weighted by molar-refractivity contribution is -0.138. The Balaban J connectivity index is 1.99. The molecule has 0 saturated heterocycles. The fourth-order valence-electron chi connectivity index (χ4n) is 4.08. The number of rotatable bonds is 5. The fraction of sp³-hybridized carbons (Fsp3) is 0.381. The molecular formula is C21H21F4NO2. The lowest BCUT2D eigenvalue weighted by atomic mass is 9.71. The van der Waals surface area contributed by atoms with E-state index in [4.69, 9.17) is 5.11 Å². The molecule has 0 fully saturated rings. The van der Waals surface area contributed by atoms with E-state index in [1.165, 1.54) is 24.3 Å². The molecule has 0 aromatic heterocycles. The van der Waals surface area contributed by atoms with Gasteiger partial charge in [-0.05, 0) is 66.8 Å². The van der Waals surface area contributed by atoms with Crippen molar-refractivity contribution in [3.05, 3.63) is 70.5 Å². The summed E-state index contributed by atoms with van der Waals surface area (Å²) in [7, 11) is 1.71. The third-order valence-electron chi connectivity index (χ3n) is 5.24. The number of nitrogens with zero attached hydrogens (tertiary/aromatic N) is 1. The molecule has 3 rings (SSSR count). The molecule has 2 aromatic rings. The van der Waals surface area contributed by atoms with Crippen molar-refractivity contribution in [1.29, 1.82) is 0 Å². The van der Waals surface area contributed by atoms with Crippen LogP contribution < -0.4 is 0 Å². The second kappa shape index (κ2) is 7.91. The number of halogens is 4. The summed E-state index contributed by atoms with van der Waals surface area (Å²) in [6.07, 6.45) is -3.29. The van der Waals surface area contributed by atoms with Crippen molar-refractivity contribution in [2.45, 2.75) is 24.9 Å². The van der Waals surface area contributed by atoms with Gasteiger partial charge in [0, 0.05) is 12.5 Å². The number of carboxylic acids is 1. The van der Waals surface area contributed by atoms with E-state index in [-0.39, 0.29) is 24.2 Å². The Morgan fingerprint density at radius 2 is 1.86 bits per heavy atom. The van der Waals surface area contributed by atoms with Crippen molar-refractivity contribution >= 4 is 5.97 Å². The molecule has 7 heteroatoms. The van der Waals surface area contributed by atoms with Crippen LogP contribution in [0.2, 0.25) is 0 Å². The molecule has 2 unspecified atom stereocenters. The summed E-state index contributed by atoms with van der Waals surface area (Å²) in [5, 5.41) is 9.00. The Hall–Kier alpha value is -2.41. The van der Waals surface area contributed by atoms with Crippen LogP contribution in [-0.2, 0) is 17.4 Å². The Morgan fingerprint density at radius 1 is 1.18 bits per heavy atom. The summed E-state index contributed by atoms with van der Waals surface area (Å²) >= 11 is 0. The number of likely N-dealkylation sites (N-methyl/N-ethyl adjacent to an activating group) is 1. The van der Waals surface area contributed by atoms with Crippen molar-refractivity contribution < 1.29 is 27.5 Å². The first-order chi connectivity index (χ1) is 13.1. The molecule has 150 valence electrons. The minimum Gasteiger partial charge on any atom is -0.480 e. The maximum Gasteiger partial charge on any atom is 0.416 e. The Kier molecular flexibility index (Phi) is 5.74. The number of aliphatic carboxylic acids is 1. The minimum absolute atomic E-state index is 0.0130. The highest BCUT2D eigenvalue weighted by Gasteiger charge is 2.35. The van der Waals surface area contributed by atoms with Crippen molar-refractivity contribution in [3.8, 4) is 0 Å². The van der Waals surface area contributed by atoms with Gasteiger partial charge in [0.1, 0.15) is 5.82 Å². The molecule has 1 N–H and O–H groups in total. The third kappa shape index (κ3) is 4.52. The lowest BCUT2D eigenvalue weighted by Crippen LogP contribution is -2.35. The van der Waals surface area contributed by atoms with Crippen LogP contribution in [0.15, 0.2) is 42.5 Å². The van der Waals surface area contributed by atoms with Gasteiger partial charge in [0.05, 0.1) is 12.1 Å². The second-order valence-electron chi connectivity index (χ2n) is 7.33. The van der Waals surface area contributed by atoms with Gasteiger partial charge in [-0.3, -0.25) is 9.69 Å². The predicted octanol–water partition coefficient (Wildman–Crippen LogP) is 4.56. The number of hydrogen-bond acceptors (Lipinski definition) is 2. The van der Waals surface area contributed by atoms with Gasteiger partial charge in [0.15, 0.2) is 0 Å². The van der Waals surface area contributed by atoms with Gasteiger partial charge in [0.2, 0.25) is 0 Å². The number of aryl methyl sites for hydroxylation is 1. The Morgan fingerprint density at radius 3 is 2.46 bits per heavy atom. The van der Waals surface area contributed by atoms with E-state index in [2.05, 4.69) is 0 Å². The standard InChI is InChI=1S/C21H21F4NO2/c1-26(12-19(27)28)11-15-3-2-14-10-16(21(23,24)25)6-9-18(14)20(15)13-4-7-17(22)8-5-13/h4-10,15,20H,2-3,11-12H2,1H3,(H,27,28). The SMILES string of the molecule is CN(CC(=O)O)CC1CCc2cc(C(F)(F)F)ccc2C1c1ccc(F)cc1. The van der Waals surface area contributed by atoms with Crippen LogP contribution in [0.5, 0.6) is 0 Å². The quantitative estimate of drug-likeness (QED) is 0.755. The van der Waals surface area contributed by atoms with Gasteiger partial charge in [0.25, 0.3) is 0 Å². The third-order valence-corrected chi connectivity index (χ3v) is 5.24. The van der Waals surface area contributed by atoms with Crippen molar-refractivity contribution in [1.82, 2.24) is 4.90 Å². The number of hydrogen-bond donors (Lipinski definition) is 1. The van der Waals surface area contributed by atoms with Crippen molar-refractivity contribution in [2.75, 3.05) is 20.1 Å². The molecule has 2 aromatic carbocycles. The molecule has 28 heavy (non-hydrogen) atoms. The van der Waals surface area contributed by atoms with E-state index in [0.29, 0.717) is 24.9 Å². The molecule has 0 amide bonds. The van der Waals surface area contributed by atoms with Crippen LogP contribution in [0.1, 0.15) is 34.6 Å². The zero-order chi connectivity index (χ0) is 20.5. The highest BCUT2D eigenvalue weighted by Crippen LogP contribution is 2.43. The summed E-state index contributed by atoms with van der Waals surface area (Å²) in [4.78, 5) is 12.7. The zero-order valence-corrected chi connectivity index (χ0v) is 15.3. The summed E-state index contributed by atoms with van der Waals surface area (Å²) in [6, 6.07) is 9.77. The monoisotopic (exact) mass is 395 g/mol. The number of carbonyl (C=O) groups is 1. The molecule has 0 heterocycles. The molecule has 0 aliphatic heterocycles. The first kappa shape index (κ1) is 20.3. The minimum atomic E-state index is -4.40. The topological polar surface area (TPSA) is 40.5 Å². The Labute approximate surface area is 160 Å². The number of alkyl halides is 3. The summed E-state index contributed by atoms with van der Waals surface area (Å²) in [5.74, 6) is -1.53. The molecule has 0 saturated carbocycles. The van der Waals surface area contributed by atoms with Crippen molar-refractivity contribution in [3.63, 3.8) is 0 Å². The highest BCUT2D eigenvalue weighted by atomic mass is 19.4. The van der Waals surface area contributed by atoms with Gasteiger partial charge >= 0.3 is 12.1 Å². The van der Waals surface area contributed by atoms with E-state index in [0.717, 1.165) is 17.2 Å². The molecule has 1 aliphatic carbocycles. The molecular weight excluding hydrogens is 374 g/mol. The van der Waals surface area contributed by atoms with Crippen molar-refractivity contribution in [2.24, 2.45) is 5.92 Å². The maximum atomic E-state index is 13.4. The number of fused-ring (bicyclic) bond motifs is 1. The van der Waals surface area contributed by atoms with Gasteiger partial charge < -0.3 is 5.11 Å². The molecule has 0 radical (unpaired) electrons. The van der Waals surface area contributed by atoms with Gasteiger partial charge in [-0.25, -0.2) is 4.39 Å². The highest BCUT2D eigenvalue weighted by molar-refractivity contribution is 5.69. The summed E-state index contributed by atoms with van der Waals surface area (Å²) in [6.45, 7) is 0.362. The van der Waals surface area contributed by atoms with Crippen LogP contribution in [0.4, 0.5) is 17.6 Å². The van der Waals surface area contributed by atoms with E-state index < -0.39 is 17.7 Å². The van der Waals surface area contributed by atoms with Crippen LogP contribution in [-0.4, -0.2) is 36.1 Å². The average Bonchev–Trinajstić information content (AvgIpc) is 2.60. The second-order valence-corrected chi connectivity index (χ2v) is 7.33. The van der Waals surface area contributed by atoms with E-state index in [1.807, 2.05) is 0 Å². The number of benzene rings is 2. The largest absolute Gasteiger partial charge is 0.480 e. The van der Waals surface area contributed by atoms with Crippen LogP contribution in [0.3, 0.4) is 0 Å². The van der Waals surface area contributed by atoms with E-state index in [1.54, 1.807) is 24.1 Å². The molecule has 1 aliphatic rings. The van der Waals surface area contributed by atoms with Crippen LogP contribution in [0.25, 0.3) is 0 Å². The fourth-order valence-corrected chi connectivity index (χ4v) is 4.08. The van der Waals surface area contributed by atoms with Gasteiger partial charge in [-0.1, -0.05) is 18.2 Å². The average molecular weight is 395 g/mol. The predicted molar refractivity (Wildman–Crippen MR) is 96.6 cm³/mol. The maximum absolute atomic E-state index is 13.4. The van der Waals surface area contributed by atoms with E-state index in [9.17, 15) is 22.4 Å². The number of carboxylic acid groups (broad SMARTS) is 1. The summed E-state index contributed by atoms with van der Waals surface area (Å²) in [5.41, 5.74) is 1.57. The normalized spacial score (nSPS) is 19.5. The Bertz CT molecular complexity index is 848. The smallest absolute Gasteiger partial charge is 0.416 e. The van der Waals surface area contributed by atoms with Crippen LogP contribution in [0, 0.1) is 11.7 Å². The van der Waals surface area contributed by atoms with E-state index >= 15 is 0 Å². The molecule has 0 bridgehead atoms. The first-order valence-corrected chi connectivity index (χ1v) is 9.01. The van der Waals surface area contributed by atoms with Gasteiger partial charge in [-0.15, -0.1) is 0 Å². The zero-order valence-electron chi connectivity index (χ0n) is 15.3. The summed E-state index contributed by atoms with van der Waals surface area (Å²) < 4.78 is 52.7. The van der Waals surface area contributed by atoms with Gasteiger partial charge in [-0.2, -0.15) is 13.2 Å². The molecule has 3 nitrogen and oxygen atoms in total. The van der Waals surface area contributed by atoms with Crippen LogP contribution >= 0.6 is 0 Å². The first-order valence-electron chi connectivity index (χ1n) is 9.01. The lowest BCUT2D eigenvalue weighted by Gasteiger charge is -2.36.